The Morgan fingerprint density at radius 3 is 2.31 bits per heavy atom. The van der Waals surface area contributed by atoms with E-state index in [4.69, 9.17) is 4.74 Å². The second-order valence-electron chi connectivity index (χ2n) is 8.53. The smallest absolute Gasteiger partial charge is 0.256 e. The molecule has 0 aromatic heterocycles. The molecule has 6 nitrogen and oxygen atoms in total. The van der Waals surface area contributed by atoms with Gasteiger partial charge in [0.05, 0.1) is 18.8 Å². The van der Waals surface area contributed by atoms with Gasteiger partial charge in [-0.05, 0) is 37.8 Å². The van der Waals surface area contributed by atoms with Crippen LogP contribution in [0.15, 0.2) is 24.3 Å². The monoisotopic (exact) mass is 399 g/mol. The average Bonchev–Trinajstić information content (AvgIpc) is 2.80. The fraction of sp³-hybridized carbons (Fsp3) is 0.652. The van der Waals surface area contributed by atoms with Crippen LogP contribution < -0.4 is 10.2 Å². The third-order valence-electron chi connectivity index (χ3n) is 6.59. The summed E-state index contributed by atoms with van der Waals surface area (Å²) in [6.45, 7) is 4.26. The van der Waals surface area contributed by atoms with Gasteiger partial charge < -0.3 is 19.9 Å². The average molecular weight is 400 g/mol. The molecule has 1 saturated carbocycles. The molecule has 2 amide bonds. The van der Waals surface area contributed by atoms with Crippen LogP contribution in [0.3, 0.4) is 0 Å². The number of morpholine rings is 1. The van der Waals surface area contributed by atoms with Gasteiger partial charge in [-0.15, -0.1) is 0 Å². The van der Waals surface area contributed by atoms with Crippen molar-refractivity contribution in [3.05, 3.63) is 29.8 Å². The zero-order chi connectivity index (χ0) is 20.1. The predicted molar refractivity (Wildman–Crippen MR) is 113 cm³/mol. The molecule has 6 heteroatoms. The van der Waals surface area contributed by atoms with Crippen LogP contribution in [0, 0.1) is 5.92 Å². The number of ether oxygens (including phenoxy) is 1. The molecule has 2 heterocycles. The SMILES string of the molecule is O=C(NC1CCN(c2ccccc2C(=O)N2CCOCC2)CC1)C1CCCCC1. The van der Waals surface area contributed by atoms with E-state index in [1.54, 1.807) is 0 Å². The highest BCUT2D eigenvalue weighted by Crippen LogP contribution is 2.27. The fourth-order valence-electron chi connectivity index (χ4n) is 4.82. The quantitative estimate of drug-likeness (QED) is 0.846. The van der Waals surface area contributed by atoms with Crippen molar-refractivity contribution in [3.63, 3.8) is 0 Å². The minimum atomic E-state index is 0.0941. The van der Waals surface area contributed by atoms with E-state index in [-0.39, 0.29) is 23.8 Å². The maximum absolute atomic E-state index is 13.0. The fourth-order valence-corrected chi connectivity index (χ4v) is 4.82. The number of carbonyl (C=O) groups excluding carboxylic acids is 2. The van der Waals surface area contributed by atoms with E-state index in [9.17, 15) is 9.59 Å². The number of carbonyl (C=O) groups is 2. The predicted octanol–water partition coefficient (Wildman–Crippen LogP) is 2.82. The minimum Gasteiger partial charge on any atom is -0.378 e. The number of hydrogen-bond donors (Lipinski definition) is 1. The summed E-state index contributed by atoms with van der Waals surface area (Å²) in [7, 11) is 0. The lowest BCUT2D eigenvalue weighted by Crippen LogP contribution is -2.47. The van der Waals surface area contributed by atoms with Crippen LogP contribution in [0.4, 0.5) is 5.69 Å². The van der Waals surface area contributed by atoms with Gasteiger partial charge in [-0.25, -0.2) is 0 Å². The first kappa shape index (κ1) is 20.2. The van der Waals surface area contributed by atoms with Crippen LogP contribution in [-0.4, -0.2) is 62.1 Å². The molecule has 1 aromatic carbocycles. The standard InChI is InChI=1S/C23H33N3O3/c27-22(18-6-2-1-3-7-18)24-19-10-12-25(13-11-19)21-9-5-4-8-20(21)23(28)26-14-16-29-17-15-26/h4-5,8-9,18-19H,1-3,6-7,10-17H2,(H,24,27). The molecular weight excluding hydrogens is 366 g/mol. The van der Waals surface area contributed by atoms with Crippen molar-refractivity contribution in [2.75, 3.05) is 44.3 Å². The molecule has 0 radical (unpaired) electrons. The summed E-state index contributed by atoms with van der Waals surface area (Å²) in [6, 6.07) is 8.18. The molecule has 0 atom stereocenters. The van der Waals surface area contributed by atoms with Crippen LogP contribution in [0.1, 0.15) is 55.3 Å². The van der Waals surface area contributed by atoms with E-state index < -0.39 is 0 Å². The zero-order valence-corrected chi connectivity index (χ0v) is 17.3. The van der Waals surface area contributed by atoms with Crippen LogP contribution in [0.25, 0.3) is 0 Å². The summed E-state index contributed by atoms with van der Waals surface area (Å²) in [5.74, 6) is 0.566. The van der Waals surface area contributed by atoms with Crippen molar-refractivity contribution in [2.24, 2.45) is 5.92 Å². The number of para-hydroxylation sites is 1. The molecule has 2 saturated heterocycles. The summed E-state index contributed by atoms with van der Waals surface area (Å²) >= 11 is 0. The minimum absolute atomic E-state index is 0.0941. The third-order valence-corrected chi connectivity index (χ3v) is 6.59. The highest BCUT2D eigenvalue weighted by Gasteiger charge is 2.28. The van der Waals surface area contributed by atoms with Gasteiger partial charge in [0.2, 0.25) is 5.91 Å². The Morgan fingerprint density at radius 2 is 1.59 bits per heavy atom. The molecule has 158 valence electrons. The van der Waals surface area contributed by atoms with E-state index in [2.05, 4.69) is 16.3 Å². The number of nitrogens with one attached hydrogen (secondary N) is 1. The molecule has 1 N–H and O–H groups in total. The van der Waals surface area contributed by atoms with Gasteiger partial charge in [-0.3, -0.25) is 9.59 Å². The maximum atomic E-state index is 13.0. The van der Waals surface area contributed by atoms with E-state index in [1.165, 1.54) is 19.3 Å². The Morgan fingerprint density at radius 1 is 0.897 bits per heavy atom. The van der Waals surface area contributed by atoms with Crippen LogP contribution in [-0.2, 0) is 9.53 Å². The topological polar surface area (TPSA) is 61.9 Å². The van der Waals surface area contributed by atoms with Gasteiger partial charge in [0.25, 0.3) is 5.91 Å². The van der Waals surface area contributed by atoms with Crippen molar-refractivity contribution < 1.29 is 14.3 Å². The highest BCUT2D eigenvalue weighted by molar-refractivity contribution is 6.00. The Balaban J connectivity index is 1.35. The van der Waals surface area contributed by atoms with Crippen molar-refractivity contribution in [1.29, 1.82) is 0 Å². The molecular formula is C23H33N3O3. The molecule has 0 spiro atoms. The molecule has 2 aliphatic heterocycles. The largest absolute Gasteiger partial charge is 0.378 e. The van der Waals surface area contributed by atoms with Gasteiger partial charge in [-0.2, -0.15) is 0 Å². The molecule has 1 aliphatic carbocycles. The number of amides is 2. The Bertz CT molecular complexity index is 703. The summed E-state index contributed by atoms with van der Waals surface area (Å²) < 4.78 is 5.38. The molecule has 1 aromatic rings. The lowest BCUT2D eigenvalue weighted by molar-refractivity contribution is -0.126. The number of rotatable bonds is 4. The van der Waals surface area contributed by atoms with Crippen molar-refractivity contribution in [3.8, 4) is 0 Å². The van der Waals surface area contributed by atoms with Gasteiger partial charge in [-0.1, -0.05) is 31.4 Å². The number of nitrogens with zero attached hydrogens (tertiary/aromatic N) is 2. The molecule has 3 fully saturated rings. The van der Waals surface area contributed by atoms with Crippen LogP contribution in [0.2, 0.25) is 0 Å². The van der Waals surface area contributed by atoms with E-state index in [0.717, 1.165) is 50.0 Å². The molecule has 4 rings (SSSR count). The molecule has 29 heavy (non-hydrogen) atoms. The van der Waals surface area contributed by atoms with E-state index in [0.29, 0.717) is 26.3 Å². The maximum Gasteiger partial charge on any atom is 0.256 e. The van der Waals surface area contributed by atoms with Gasteiger partial charge in [0.1, 0.15) is 0 Å². The summed E-state index contributed by atoms with van der Waals surface area (Å²) in [4.78, 5) is 29.8. The van der Waals surface area contributed by atoms with Gasteiger partial charge in [0.15, 0.2) is 0 Å². The normalized spacial score (nSPS) is 21.8. The first-order chi connectivity index (χ1) is 14.2. The Hall–Kier alpha value is -2.08. The summed E-state index contributed by atoms with van der Waals surface area (Å²) in [5, 5.41) is 3.30. The van der Waals surface area contributed by atoms with Crippen LogP contribution >= 0.6 is 0 Å². The number of piperidine rings is 1. The van der Waals surface area contributed by atoms with E-state index in [1.807, 2.05) is 23.1 Å². The molecule has 3 aliphatic rings. The first-order valence-corrected chi connectivity index (χ1v) is 11.2. The van der Waals surface area contributed by atoms with Crippen molar-refractivity contribution >= 4 is 17.5 Å². The summed E-state index contributed by atoms with van der Waals surface area (Å²) in [5.41, 5.74) is 1.79. The number of hydrogen-bond acceptors (Lipinski definition) is 4. The van der Waals surface area contributed by atoms with Crippen molar-refractivity contribution in [1.82, 2.24) is 10.2 Å². The second kappa shape index (κ2) is 9.61. The summed E-state index contributed by atoms with van der Waals surface area (Å²) in [6.07, 6.45) is 7.58. The lowest BCUT2D eigenvalue weighted by Gasteiger charge is -2.36. The third kappa shape index (κ3) is 4.92. The number of benzene rings is 1. The molecule has 0 unspecified atom stereocenters. The Labute approximate surface area is 173 Å². The number of anilines is 1. The second-order valence-corrected chi connectivity index (χ2v) is 8.53. The zero-order valence-electron chi connectivity index (χ0n) is 17.3. The van der Waals surface area contributed by atoms with E-state index >= 15 is 0 Å². The Kier molecular flexibility index (Phi) is 6.70. The lowest BCUT2D eigenvalue weighted by atomic mass is 9.88. The van der Waals surface area contributed by atoms with Crippen molar-refractivity contribution in [2.45, 2.75) is 51.0 Å². The van der Waals surface area contributed by atoms with Gasteiger partial charge >= 0.3 is 0 Å². The van der Waals surface area contributed by atoms with Gasteiger partial charge in [0, 0.05) is 43.8 Å². The first-order valence-electron chi connectivity index (χ1n) is 11.2. The molecule has 0 bridgehead atoms. The highest BCUT2D eigenvalue weighted by atomic mass is 16.5. The van der Waals surface area contributed by atoms with Crippen LogP contribution in [0.5, 0.6) is 0 Å².